The van der Waals surface area contributed by atoms with Crippen molar-refractivity contribution in [2.45, 2.75) is 24.8 Å². The molecule has 0 bridgehead atoms. The number of carbonyl (C=O) groups excluding carboxylic acids is 1. The Morgan fingerprint density at radius 2 is 2.00 bits per heavy atom. The normalized spacial score (nSPS) is 16.4. The highest BCUT2D eigenvalue weighted by Gasteiger charge is 2.33. The number of benzene rings is 1. The maximum Gasteiger partial charge on any atom is 0.262 e. The van der Waals surface area contributed by atoms with Crippen LogP contribution in [0.1, 0.15) is 18.7 Å². The van der Waals surface area contributed by atoms with Gasteiger partial charge in [0.1, 0.15) is 11.6 Å². The van der Waals surface area contributed by atoms with E-state index in [4.69, 9.17) is 0 Å². The smallest absolute Gasteiger partial charge is 0.262 e. The van der Waals surface area contributed by atoms with Crippen molar-refractivity contribution in [2.24, 2.45) is 13.0 Å². The number of hydrogen-bond acceptors (Lipinski definition) is 4. The number of rotatable bonds is 4. The third kappa shape index (κ3) is 4.22. The Hall–Kier alpha value is -1.78. The van der Waals surface area contributed by atoms with Gasteiger partial charge in [-0.25, -0.2) is 17.8 Å². The minimum absolute atomic E-state index is 0.0161. The monoisotopic (exact) mass is 458 g/mol. The molecule has 10 heteroatoms. The number of aromatic nitrogens is 2. The fourth-order valence-corrected chi connectivity index (χ4v) is 4.79. The van der Waals surface area contributed by atoms with Gasteiger partial charge in [-0.2, -0.15) is 4.31 Å². The zero-order chi connectivity index (χ0) is 19.8. The van der Waals surface area contributed by atoms with Gasteiger partial charge in [-0.1, -0.05) is 15.9 Å². The standard InChI is InChI=1S/C17H20BrFN4O3S/c1-11-20-16(10-22(11)2)27(25,26)23-7-5-12(6-8-23)17(24)21-15-4-3-13(18)9-14(15)19/h3-4,9-10,12H,5-8H2,1-2H3,(H,21,24). The molecule has 0 radical (unpaired) electrons. The summed E-state index contributed by atoms with van der Waals surface area (Å²) in [5, 5.41) is 2.60. The van der Waals surface area contributed by atoms with Gasteiger partial charge in [0, 0.05) is 36.7 Å². The van der Waals surface area contributed by atoms with Gasteiger partial charge in [0.2, 0.25) is 5.91 Å². The highest BCUT2D eigenvalue weighted by atomic mass is 79.9. The van der Waals surface area contributed by atoms with Gasteiger partial charge in [-0.15, -0.1) is 0 Å². The number of sulfonamides is 1. The van der Waals surface area contributed by atoms with Crippen molar-refractivity contribution in [1.29, 1.82) is 0 Å². The van der Waals surface area contributed by atoms with Gasteiger partial charge < -0.3 is 9.88 Å². The molecule has 3 rings (SSSR count). The quantitative estimate of drug-likeness (QED) is 0.762. The summed E-state index contributed by atoms with van der Waals surface area (Å²) < 4.78 is 42.8. The molecule has 27 heavy (non-hydrogen) atoms. The molecule has 1 aliphatic rings. The number of nitrogens with zero attached hydrogens (tertiary/aromatic N) is 3. The summed E-state index contributed by atoms with van der Waals surface area (Å²) in [5.74, 6) is -0.588. The molecule has 146 valence electrons. The zero-order valence-electron chi connectivity index (χ0n) is 14.9. The van der Waals surface area contributed by atoms with E-state index in [-0.39, 0.29) is 35.6 Å². The maximum atomic E-state index is 13.9. The number of hydrogen-bond donors (Lipinski definition) is 1. The third-order valence-corrected chi connectivity index (χ3v) is 6.97. The molecule has 1 aliphatic heterocycles. The second-order valence-corrected chi connectivity index (χ2v) is 9.33. The molecule has 0 unspecified atom stereocenters. The number of carbonyl (C=O) groups is 1. The van der Waals surface area contributed by atoms with E-state index in [2.05, 4.69) is 26.2 Å². The summed E-state index contributed by atoms with van der Waals surface area (Å²) >= 11 is 3.17. The van der Waals surface area contributed by atoms with Crippen molar-refractivity contribution in [2.75, 3.05) is 18.4 Å². The van der Waals surface area contributed by atoms with E-state index >= 15 is 0 Å². The summed E-state index contributed by atoms with van der Waals surface area (Å²) in [5.41, 5.74) is 0.113. The number of imidazole rings is 1. The molecule has 1 fully saturated rings. The first-order chi connectivity index (χ1) is 12.7. The van der Waals surface area contributed by atoms with Crippen molar-refractivity contribution in [3.8, 4) is 0 Å². The van der Waals surface area contributed by atoms with Crippen LogP contribution in [0.25, 0.3) is 0 Å². The first-order valence-electron chi connectivity index (χ1n) is 8.44. The summed E-state index contributed by atoms with van der Waals surface area (Å²) in [7, 11) is -1.94. The van der Waals surface area contributed by atoms with Crippen molar-refractivity contribution in [3.63, 3.8) is 0 Å². The fourth-order valence-electron chi connectivity index (χ4n) is 2.97. The molecular formula is C17H20BrFN4O3S. The van der Waals surface area contributed by atoms with E-state index < -0.39 is 15.8 Å². The number of amides is 1. The minimum atomic E-state index is -3.68. The van der Waals surface area contributed by atoms with Crippen LogP contribution in [0, 0.1) is 18.7 Å². The van der Waals surface area contributed by atoms with Crippen molar-refractivity contribution < 1.29 is 17.6 Å². The zero-order valence-corrected chi connectivity index (χ0v) is 17.3. The van der Waals surface area contributed by atoms with E-state index in [1.165, 1.54) is 22.6 Å². The average molecular weight is 459 g/mol. The molecule has 0 atom stereocenters. The first-order valence-corrected chi connectivity index (χ1v) is 10.7. The minimum Gasteiger partial charge on any atom is -0.337 e. The molecule has 1 saturated heterocycles. The van der Waals surface area contributed by atoms with E-state index in [9.17, 15) is 17.6 Å². The largest absolute Gasteiger partial charge is 0.337 e. The molecule has 1 N–H and O–H groups in total. The van der Waals surface area contributed by atoms with Crippen LogP contribution in [0.4, 0.5) is 10.1 Å². The summed E-state index contributed by atoms with van der Waals surface area (Å²) in [4.78, 5) is 16.5. The fraction of sp³-hybridized carbons (Fsp3) is 0.412. The van der Waals surface area contributed by atoms with Crippen molar-refractivity contribution in [1.82, 2.24) is 13.9 Å². The second-order valence-electron chi connectivity index (χ2n) is 6.53. The van der Waals surface area contributed by atoms with Crippen LogP contribution in [0.3, 0.4) is 0 Å². The molecule has 0 saturated carbocycles. The number of nitrogens with one attached hydrogen (secondary N) is 1. The first kappa shape index (κ1) is 20.0. The van der Waals surface area contributed by atoms with Gasteiger partial charge in [-0.05, 0) is 38.0 Å². The van der Waals surface area contributed by atoms with Crippen molar-refractivity contribution >= 4 is 37.5 Å². The topological polar surface area (TPSA) is 84.3 Å². The van der Waals surface area contributed by atoms with Gasteiger partial charge in [0.25, 0.3) is 10.0 Å². The Kier molecular flexibility index (Phi) is 5.68. The molecule has 2 aromatic rings. The Balaban J connectivity index is 1.63. The predicted octanol–water partition coefficient (Wildman–Crippen LogP) is 2.67. The Labute approximate surface area is 165 Å². The molecular weight excluding hydrogens is 439 g/mol. The molecule has 7 nitrogen and oxygen atoms in total. The molecule has 0 spiro atoms. The number of anilines is 1. The lowest BCUT2D eigenvalue weighted by Gasteiger charge is -2.30. The summed E-state index contributed by atoms with van der Waals surface area (Å²) in [6, 6.07) is 4.41. The highest BCUT2D eigenvalue weighted by molar-refractivity contribution is 9.10. The van der Waals surface area contributed by atoms with Crippen LogP contribution in [-0.2, 0) is 21.9 Å². The third-order valence-electron chi connectivity index (χ3n) is 4.70. The maximum absolute atomic E-state index is 13.9. The Morgan fingerprint density at radius 3 is 2.56 bits per heavy atom. The van der Waals surface area contributed by atoms with Crippen LogP contribution in [0.5, 0.6) is 0 Å². The lowest BCUT2D eigenvalue weighted by Crippen LogP contribution is -2.41. The Bertz CT molecular complexity index is 949. The summed E-state index contributed by atoms with van der Waals surface area (Å²) in [6.45, 7) is 2.18. The molecule has 2 heterocycles. The highest BCUT2D eigenvalue weighted by Crippen LogP contribution is 2.26. The lowest BCUT2D eigenvalue weighted by molar-refractivity contribution is -0.120. The summed E-state index contributed by atoms with van der Waals surface area (Å²) in [6.07, 6.45) is 2.23. The Morgan fingerprint density at radius 1 is 1.33 bits per heavy atom. The molecule has 1 aromatic carbocycles. The number of piperidine rings is 1. The van der Waals surface area contributed by atoms with Gasteiger partial charge in [-0.3, -0.25) is 4.79 Å². The van der Waals surface area contributed by atoms with Gasteiger partial charge in [0.15, 0.2) is 5.03 Å². The average Bonchev–Trinajstić information content (AvgIpc) is 2.97. The van der Waals surface area contributed by atoms with Crippen LogP contribution in [0.15, 0.2) is 33.9 Å². The van der Waals surface area contributed by atoms with E-state index in [1.54, 1.807) is 24.6 Å². The molecule has 0 aliphatic carbocycles. The van der Waals surface area contributed by atoms with E-state index in [0.717, 1.165) is 0 Å². The van der Waals surface area contributed by atoms with E-state index in [0.29, 0.717) is 23.1 Å². The van der Waals surface area contributed by atoms with Crippen LogP contribution >= 0.6 is 15.9 Å². The van der Waals surface area contributed by atoms with Crippen LogP contribution in [0.2, 0.25) is 0 Å². The predicted molar refractivity (Wildman–Crippen MR) is 102 cm³/mol. The SMILES string of the molecule is Cc1nc(S(=O)(=O)N2CCC(C(=O)Nc3ccc(Br)cc3F)CC2)cn1C. The number of aryl methyl sites for hydroxylation is 2. The van der Waals surface area contributed by atoms with Gasteiger partial charge in [0.05, 0.1) is 5.69 Å². The lowest BCUT2D eigenvalue weighted by atomic mass is 9.97. The van der Waals surface area contributed by atoms with Crippen LogP contribution < -0.4 is 5.32 Å². The second kappa shape index (κ2) is 7.69. The molecule has 1 amide bonds. The van der Waals surface area contributed by atoms with Crippen molar-refractivity contribution in [3.05, 3.63) is 40.5 Å². The molecule has 1 aromatic heterocycles. The van der Waals surface area contributed by atoms with Gasteiger partial charge >= 0.3 is 0 Å². The number of halogens is 2. The van der Waals surface area contributed by atoms with E-state index in [1.807, 2.05) is 0 Å². The van der Waals surface area contributed by atoms with Crippen LogP contribution in [-0.4, -0.2) is 41.3 Å².